The largest absolute Gasteiger partial charge is 0.463 e. The minimum Gasteiger partial charge on any atom is -0.463 e. The summed E-state index contributed by atoms with van der Waals surface area (Å²) < 4.78 is 5.03. The molecule has 0 aliphatic carbocycles. The molecule has 2 N–H and O–H groups in total. The van der Waals surface area contributed by atoms with Crippen LogP contribution in [0.1, 0.15) is 11.3 Å². The van der Waals surface area contributed by atoms with E-state index in [9.17, 15) is 4.79 Å². The van der Waals surface area contributed by atoms with Crippen LogP contribution in [0.3, 0.4) is 0 Å². The average molecular weight is 243 g/mol. The number of hydrazone groups is 1. The summed E-state index contributed by atoms with van der Waals surface area (Å²) in [5, 5.41) is 6.45. The highest BCUT2D eigenvalue weighted by Gasteiger charge is 2.01. The zero-order chi connectivity index (χ0) is 12.8. The third-order valence-corrected chi connectivity index (χ3v) is 2.29. The van der Waals surface area contributed by atoms with E-state index in [1.165, 1.54) is 12.5 Å². The number of amides is 2. The van der Waals surface area contributed by atoms with Crippen molar-refractivity contribution in [2.75, 3.05) is 5.32 Å². The number of nitrogens with zero attached hydrogens (tertiary/aromatic N) is 1. The Morgan fingerprint density at radius 1 is 1.28 bits per heavy atom. The van der Waals surface area contributed by atoms with Crippen LogP contribution in [0.2, 0.25) is 0 Å². The molecule has 0 saturated carbocycles. The SMILES string of the molecule is Cc1ccccc1NC(=O)NN=Cc1ccco1. The van der Waals surface area contributed by atoms with E-state index in [2.05, 4.69) is 15.8 Å². The lowest BCUT2D eigenvalue weighted by molar-refractivity contribution is 0.252. The number of furan rings is 1. The fourth-order valence-electron chi connectivity index (χ4n) is 1.38. The molecule has 2 aromatic rings. The molecule has 0 fully saturated rings. The fourth-order valence-corrected chi connectivity index (χ4v) is 1.38. The highest BCUT2D eigenvalue weighted by atomic mass is 16.3. The van der Waals surface area contributed by atoms with E-state index in [1.54, 1.807) is 12.1 Å². The first-order valence-corrected chi connectivity index (χ1v) is 5.45. The third kappa shape index (κ3) is 3.21. The van der Waals surface area contributed by atoms with Crippen LogP contribution < -0.4 is 10.7 Å². The molecule has 92 valence electrons. The van der Waals surface area contributed by atoms with Crippen LogP contribution in [0.25, 0.3) is 0 Å². The van der Waals surface area contributed by atoms with Gasteiger partial charge in [0.15, 0.2) is 0 Å². The average Bonchev–Trinajstić information content (AvgIpc) is 2.85. The van der Waals surface area contributed by atoms with Crippen LogP contribution in [0.4, 0.5) is 10.5 Å². The Kier molecular flexibility index (Phi) is 3.76. The molecule has 1 aromatic heterocycles. The molecule has 0 aliphatic heterocycles. The van der Waals surface area contributed by atoms with E-state index in [0.717, 1.165) is 11.3 Å². The molecular weight excluding hydrogens is 230 g/mol. The second kappa shape index (κ2) is 5.67. The number of anilines is 1. The van der Waals surface area contributed by atoms with Crippen molar-refractivity contribution in [1.82, 2.24) is 5.43 Å². The fraction of sp³-hybridized carbons (Fsp3) is 0.0769. The smallest absolute Gasteiger partial charge is 0.339 e. The van der Waals surface area contributed by atoms with Crippen molar-refractivity contribution in [3.63, 3.8) is 0 Å². The van der Waals surface area contributed by atoms with Crippen LogP contribution in [-0.4, -0.2) is 12.2 Å². The van der Waals surface area contributed by atoms with Gasteiger partial charge in [-0.1, -0.05) is 18.2 Å². The number of nitrogens with one attached hydrogen (secondary N) is 2. The topological polar surface area (TPSA) is 66.6 Å². The predicted molar refractivity (Wildman–Crippen MR) is 69.6 cm³/mol. The summed E-state index contributed by atoms with van der Waals surface area (Å²) >= 11 is 0. The third-order valence-electron chi connectivity index (χ3n) is 2.29. The summed E-state index contributed by atoms with van der Waals surface area (Å²) in [5.74, 6) is 0.575. The molecule has 5 heteroatoms. The minimum atomic E-state index is -0.396. The van der Waals surface area contributed by atoms with E-state index >= 15 is 0 Å². The Morgan fingerprint density at radius 3 is 2.83 bits per heavy atom. The first kappa shape index (κ1) is 11.9. The van der Waals surface area contributed by atoms with Gasteiger partial charge in [-0.05, 0) is 30.7 Å². The number of carbonyl (C=O) groups is 1. The van der Waals surface area contributed by atoms with Gasteiger partial charge >= 0.3 is 6.03 Å². The standard InChI is InChI=1S/C13H13N3O2/c1-10-5-2-3-7-12(10)15-13(17)16-14-9-11-6-4-8-18-11/h2-9H,1H3,(H2,15,16,17). The summed E-state index contributed by atoms with van der Waals surface area (Å²) in [6.45, 7) is 1.92. The molecule has 0 aliphatic rings. The number of carbonyl (C=O) groups excluding carboxylic acids is 1. The molecule has 18 heavy (non-hydrogen) atoms. The number of benzene rings is 1. The van der Waals surface area contributed by atoms with E-state index in [0.29, 0.717) is 5.76 Å². The molecule has 0 spiro atoms. The molecule has 0 unspecified atom stereocenters. The second-order valence-corrected chi connectivity index (χ2v) is 3.65. The maximum atomic E-state index is 11.5. The lowest BCUT2D eigenvalue weighted by Crippen LogP contribution is -2.24. The van der Waals surface area contributed by atoms with Gasteiger partial charge in [-0.2, -0.15) is 5.10 Å². The summed E-state index contributed by atoms with van der Waals surface area (Å²) in [6, 6.07) is 10.6. The zero-order valence-electron chi connectivity index (χ0n) is 9.88. The number of hydrogen-bond acceptors (Lipinski definition) is 3. The summed E-state index contributed by atoms with van der Waals surface area (Å²) in [5.41, 5.74) is 4.10. The van der Waals surface area contributed by atoms with Crippen molar-refractivity contribution in [3.05, 3.63) is 54.0 Å². The first-order valence-electron chi connectivity index (χ1n) is 5.45. The first-order chi connectivity index (χ1) is 8.75. The van der Waals surface area contributed by atoms with Crippen LogP contribution >= 0.6 is 0 Å². The Bertz CT molecular complexity index is 547. The van der Waals surface area contributed by atoms with Gasteiger partial charge in [0.05, 0.1) is 12.5 Å². The van der Waals surface area contributed by atoms with Crippen molar-refractivity contribution < 1.29 is 9.21 Å². The zero-order valence-corrected chi connectivity index (χ0v) is 9.88. The summed E-state index contributed by atoms with van der Waals surface area (Å²) in [7, 11) is 0. The van der Waals surface area contributed by atoms with Gasteiger partial charge in [0.25, 0.3) is 0 Å². The summed E-state index contributed by atoms with van der Waals surface area (Å²) in [6.07, 6.45) is 2.96. The number of para-hydroxylation sites is 1. The highest BCUT2D eigenvalue weighted by molar-refractivity contribution is 5.90. The maximum Gasteiger partial charge on any atom is 0.339 e. The number of rotatable bonds is 3. The van der Waals surface area contributed by atoms with Gasteiger partial charge in [-0.25, -0.2) is 10.2 Å². The van der Waals surface area contributed by atoms with Crippen LogP contribution in [0.15, 0.2) is 52.2 Å². The molecular formula is C13H13N3O2. The highest BCUT2D eigenvalue weighted by Crippen LogP contribution is 2.12. The van der Waals surface area contributed by atoms with Gasteiger partial charge in [0, 0.05) is 5.69 Å². The van der Waals surface area contributed by atoms with Gasteiger partial charge in [0.1, 0.15) is 5.76 Å². The molecule has 1 heterocycles. The predicted octanol–water partition coefficient (Wildman–Crippen LogP) is 2.74. The number of aryl methyl sites for hydroxylation is 1. The Balaban J connectivity index is 1.88. The monoisotopic (exact) mass is 243 g/mol. The van der Waals surface area contributed by atoms with Crippen LogP contribution in [0, 0.1) is 6.92 Å². The maximum absolute atomic E-state index is 11.5. The summed E-state index contributed by atoms with van der Waals surface area (Å²) in [4.78, 5) is 11.5. The van der Waals surface area contributed by atoms with Crippen LogP contribution in [0.5, 0.6) is 0 Å². The quantitative estimate of drug-likeness (QED) is 0.643. The number of hydrogen-bond donors (Lipinski definition) is 2. The van der Waals surface area contributed by atoms with Gasteiger partial charge in [0.2, 0.25) is 0 Å². The van der Waals surface area contributed by atoms with Crippen molar-refractivity contribution in [1.29, 1.82) is 0 Å². The van der Waals surface area contributed by atoms with Crippen molar-refractivity contribution in [2.45, 2.75) is 6.92 Å². The van der Waals surface area contributed by atoms with Gasteiger partial charge < -0.3 is 9.73 Å². The van der Waals surface area contributed by atoms with E-state index in [-0.39, 0.29) is 0 Å². The molecule has 5 nitrogen and oxygen atoms in total. The lowest BCUT2D eigenvalue weighted by Gasteiger charge is -2.06. The Morgan fingerprint density at radius 2 is 2.11 bits per heavy atom. The van der Waals surface area contributed by atoms with E-state index in [1.807, 2.05) is 31.2 Å². The van der Waals surface area contributed by atoms with Gasteiger partial charge in [-0.15, -0.1) is 0 Å². The molecule has 0 saturated heterocycles. The molecule has 0 radical (unpaired) electrons. The second-order valence-electron chi connectivity index (χ2n) is 3.65. The van der Waals surface area contributed by atoms with E-state index in [4.69, 9.17) is 4.42 Å². The van der Waals surface area contributed by atoms with E-state index < -0.39 is 6.03 Å². The molecule has 2 amide bonds. The normalized spacial score (nSPS) is 10.5. The Hall–Kier alpha value is -2.56. The lowest BCUT2D eigenvalue weighted by atomic mass is 10.2. The molecule has 0 atom stereocenters. The number of urea groups is 1. The molecule has 2 rings (SSSR count). The Labute approximate surface area is 105 Å². The van der Waals surface area contributed by atoms with Crippen molar-refractivity contribution in [3.8, 4) is 0 Å². The minimum absolute atomic E-state index is 0.396. The van der Waals surface area contributed by atoms with Crippen LogP contribution in [-0.2, 0) is 0 Å². The van der Waals surface area contributed by atoms with Crippen molar-refractivity contribution in [2.24, 2.45) is 5.10 Å². The molecule has 0 bridgehead atoms. The van der Waals surface area contributed by atoms with Gasteiger partial charge in [-0.3, -0.25) is 0 Å². The molecule has 1 aromatic carbocycles. The van der Waals surface area contributed by atoms with Crippen molar-refractivity contribution >= 4 is 17.9 Å².